The van der Waals surface area contributed by atoms with Gasteiger partial charge in [0.25, 0.3) is 0 Å². The van der Waals surface area contributed by atoms with E-state index in [9.17, 15) is 4.79 Å². The van der Waals surface area contributed by atoms with Gasteiger partial charge >= 0.3 is 0 Å². The van der Waals surface area contributed by atoms with Crippen molar-refractivity contribution in [2.24, 2.45) is 11.7 Å². The van der Waals surface area contributed by atoms with Crippen LogP contribution >= 0.6 is 0 Å². The molecule has 2 N–H and O–H groups in total. The Labute approximate surface area is 90.8 Å². The van der Waals surface area contributed by atoms with Gasteiger partial charge in [-0.2, -0.15) is 0 Å². The first-order valence-electron chi connectivity index (χ1n) is 5.84. The lowest BCUT2D eigenvalue weighted by Crippen LogP contribution is -2.50. The number of carbonyl (C=O) groups excluding carboxylic acids is 1. The first-order valence-corrected chi connectivity index (χ1v) is 5.84. The lowest BCUT2D eigenvalue weighted by molar-refractivity contribution is -0.135. The molecule has 3 atom stereocenters. The molecule has 0 aromatic rings. The van der Waals surface area contributed by atoms with E-state index < -0.39 is 0 Å². The summed E-state index contributed by atoms with van der Waals surface area (Å²) in [5.74, 6) is 0.625. The molecule has 2 aliphatic rings. The van der Waals surface area contributed by atoms with Gasteiger partial charge in [0.05, 0.1) is 12.1 Å². The van der Waals surface area contributed by atoms with E-state index in [0.29, 0.717) is 5.92 Å². The molecule has 2 rings (SSSR count). The second-order valence-electron chi connectivity index (χ2n) is 4.66. The quantitative estimate of drug-likeness (QED) is 0.719. The SMILES string of the molecule is CC1OCCC1CN1CCCC(N)C1=O. The van der Waals surface area contributed by atoms with Gasteiger partial charge in [-0.05, 0) is 26.2 Å². The van der Waals surface area contributed by atoms with Crippen LogP contribution in [0.1, 0.15) is 26.2 Å². The highest BCUT2D eigenvalue weighted by atomic mass is 16.5. The van der Waals surface area contributed by atoms with E-state index in [-0.39, 0.29) is 18.1 Å². The fourth-order valence-corrected chi connectivity index (χ4v) is 2.45. The minimum Gasteiger partial charge on any atom is -0.378 e. The summed E-state index contributed by atoms with van der Waals surface area (Å²) in [5.41, 5.74) is 5.76. The summed E-state index contributed by atoms with van der Waals surface area (Å²) in [7, 11) is 0. The van der Waals surface area contributed by atoms with Crippen LogP contribution in [-0.4, -0.2) is 42.6 Å². The van der Waals surface area contributed by atoms with E-state index in [4.69, 9.17) is 10.5 Å². The van der Waals surface area contributed by atoms with Gasteiger partial charge in [0.1, 0.15) is 0 Å². The number of nitrogens with zero attached hydrogens (tertiary/aromatic N) is 1. The standard InChI is InChI=1S/C11H20N2O2/c1-8-9(4-6-15-8)7-13-5-2-3-10(12)11(13)14/h8-10H,2-7,12H2,1H3. The first-order chi connectivity index (χ1) is 7.18. The number of piperidine rings is 1. The van der Waals surface area contributed by atoms with Crippen molar-refractivity contribution in [3.05, 3.63) is 0 Å². The molecule has 2 heterocycles. The Morgan fingerprint density at radius 1 is 1.53 bits per heavy atom. The number of nitrogens with two attached hydrogens (primary N) is 1. The minimum absolute atomic E-state index is 0.125. The third-order valence-corrected chi connectivity index (χ3v) is 3.56. The van der Waals surface area contributed by atoms with Gasteiger partial charge in [-0.1, -0.05) is 0 Å². The average molecular weight is 212 g/mol. The summed E-state index contributed by atoms with van der Waals surface area (Å²) in [6, 6.07) is -0.267. The third kappa shape index (κ3) is 2.32. The highest BCUT2D eigenvalue weighted by Gasteiger charge is 2.31. The molecule has 2 aliphatic heterocycles. The van der Waals surface area contributed by atoms with Gasteiger partial charge in [0.2, 0.25) is 5.91 Å². The van der Waals surface area contributed by atoms with Crippen LogP contribution in [0.4, 0.5) is 0 Å². The molecule has 15 heavy (non-hydrogen) atoms. The molecule has 0 saturated carbocycles. The molecule has 0 aromatic carbocycles. The highest BCUT2D eigenvalue weighted by Crippen LogP contribution is 2.23. The van der Waals surface area contributed by atoms with E-state index in [1.807, 2.05) is 4.90 Å². The lowest BCUT2D eigenvalue weighted by Gasteiger charge is -2.33. The van der Waals surface area contributed by atoms with E-state index in [0.717, 1.165) is 39.0 Å². The summed E-state index contributed by atoms with van der Waals surface area (Å²) in [4.78, 5) is 13.7. The maximum atomic E-state index is 11.8. The Hall–Kier alpha value is -0.610. The molecule has 2 saturated heterocycles. The van der Waals surface area contributed by atoms with Crippen LogP contribution in [0.2, 0.25) is 0 Å². The van der Waals surface area contributed by atoms with Gasteiger partial charge in [0.15, 0.2) is 0 Å². The van der Waals surface area contributed by atoms with Crippen molar-refractivity contribution in [1.29, 1.82) is 0 Å². The molecule has 4 heteroatoms. The molecule has 0 aromatic heterocycles. The van der Waals surface area contributed by atoms with E-state index in [1.54, 1.807) is 0 Å². The van der Waals surface area contributed by atoms with Crippen LogP contribution in [0.15, 0.2) is 0 Å². The number of likely N-dealkylation sites (tertiary alicyclic amines) is 1. The summed E-state index contributed by atoms with van der Waals surface area (Å²) < 4.78 is 5.50. The number of hydrogen-bond donors (Lipinski definition) is 1. The smallest absolute Gasteiger partial charge is 0.239 e. The van der Waals surface area contributed by atoms with Crippen molar-refractivity contribution >= 4 is 5.91 Å². The van der Waals surface area contributed by atoms with Gasteiger partial charge in [-0.3, -0.25) is 4.79 Å². The molecule has 2 fully saturated rings. The number of amides is 1. The molecule has 1 amide bonds. The fourth-order valence-electron chi connectivity index (χ4n) is 2.45. The summed E-state index contributed by atoms with van der Waals surface area (Å²) in [6.45, 7) is 4.62. The molecule has 0 radical (unpaired) electrons. The second-order valence-corrected chi connectivity index (χ2v) is 4.66. The Morgan fingerprint density at radius 3 is 3.00 bits per heavy atom. The largest absolute Gasteiger partial charge is 0.378 e. The van der Waals surface area contributed by atoms with E-state index in [2.05, 4.69) is 6.92 Å². The zero-order valence-corrected chi connectivity index (χ0v) is 9.32. The van der Waals surface area contributed by atoms with Crippen LogP contribution in [-0.2, 0) is 9.53 Å². The van der Waals surface area contributed by atoms with Gasteiger partial charge in [-0.25, -0.2) is 0 Å². The minimum atomic E-state index is -0.267. The van der Waals surface area contributed by atoms with Crippen molar-refractivity contribution in [2.75, 3.05) is 19.7 Å². The number of hydrogen-bond acceptors (Lipinski definition) is 3. The molecular weight excluding hydrogens is 192 g/mol. The fraction of sp³-hybridized carbons (Fsp3) is 0.909. The zero-order chi connectivity index (χ0) is 10.8. The molecule has 3 unspecified atom stereocenters. The molecule has 0 aliphatic carbocycles. The normalized spacial score (nSPS) is 37.3. The van der Waals surface area contributed by atoms with Crippen molar-refractivity contribution < 1.29 is 9.53 Å². The van der Waals surface area contributed by atoms with Crippen molar-refractivity contribution in [3.8, 4) is 0 Å². The van der Waals surface area contributed by atoms with E-state index >= 15 is 0 Å². The molecule has 4 nitrogen and oxygen atoms in total. The number of ether oxygens (including phenoxy) is 1. The highest BCUT2D eigenvalue weighted by molar-refractivity contribution is 5.82. The van der Waals surface area contributed by atoms with Crippen molar-refractivity contribution in [1.82, 2.24) is 4.90 Å². The summed E-state index contributed by atoms with van der Waals surface area (Å²) in [5, 5.41) is 0. The Balaban J connectivity index is 1.90. The second kappa shape index (κ2) is 4.49. The zero-order valence-electron chi connectivity index (χ0n) is 9.32. The van der Waals surface area contributed by atoms with Gasteiger partial charge in [0, 0.05) is 25.6 Å². The lowest BCUT2D eigenvalue weighted by atomic mass is 9.99. The Morgan fingerprint density at radius 2 is 2.33 bits per heavy atom. The first kappa shape index (κ1) is 10.9. The average Bonchev–Trinajstić information content (AvgIpc) is 2.60. The predicted molar refractivity (Wildman–Crippen MR) is 57.3 cm³/mol. The van der Waals surface area contributed by atoms with Crippen LogP contribution in [0.25, 0.3) is 0 Å². The van der Waals surface area contributed by atoms with Crippen molar-refractivity contribution in [2.45, 2.75) is 38.3 Å². The van der Waals surface area contributed by atoms with Crippen LogP contribution in [0.3, 0.4) is 0 Å². The summed E-state index contributed by atoms with van der Waals surface area (Å²) >= 11 is 0. The van der Waals surface area contributed by atoms with Crippen LogP contribution in [0, 0.1) is 5.92 Å². The number of carbonyl (C=O) groups is 1. The maximum absolute atomic E-state index is 11.8. The Bertz CT molecular complexity index is 245. The molecule has 86 valence electrons. The van der Waals surface area contributed by atoms with Crippen LogP contribution in [0.5, 0.6) is 0 Å². The third-order valence-electron chi connectivity index (χ3n) is 3.56. The molecular formula is C11H20N2O2. The predicted octanol–water partition coefficient (Wildman–Crippen LogP) is 0.361. The van der Waals surface area contributed by atoms with Gasteiger partial charge < -0.3 is 15.4 Å². The van der Waals surface area contributed by atoms with Crippen molar-refractivity contribution in [3.63, 3.8) is 0 Å². The number of rotatable bonds is 2. The van der Waals surface area contributed by atoms with Crippen LogP contribution < -0.4 is 5.73 Å². The van der Waals surface area contributed by atoms with E-state index in [1.165, 1.54) is 0 Å². The summed E-state index contributed by atoms with van der Waals surface area (Å²) in [6.07, 6.45) is 3.23. The molecule has 0 bridgehead atoms. The maximum Gasteiger partial charge on any atom is 0.239 e. The topological polar surface area (TPSA) is 55.6 Å². The molecule has 0 spiro atoms. The van der Waals surface area contributed by atoms with Gasteiger partial charge in [-0.15, -0.1) is 0 Å². The Kier molecular flexibility index (Phi) is 3.26. The monoisotopic (exact) mass is 212 g/mol.